The molecule has 0 radical (unpaired) electrons. The van der Waals surface area contributed by atoms with Gasteiger partial charge in [0, 0.05) is 55.9 Å². The van der Waals surface area contributed by atoms with Gasteiger partial charge in [0.2, 0.25) is 5.91 Å². The predicted molar refractivity (Wildman–Crippen MR) is 111 cm³/mol. The lowest BCUT2D eigenvalue weighted by Gasteiger charge is -2.36. The summed E-state index contributed by atoms with van der Waals surface area (Å²) >= 11 is 6.05. The maximum atomic E-state index is 12.4. The Bertz CT molecular complexity index is 838. The highest BCUT2D eigenvalue weighted by Crippen LogP contribution is 2.23. The van der Waals surface area contributed by atoms with E-state index < -0.39 is 4.92 Å². The van der Waals surface area contributed by atoms with Crippen LogP contribution in [0.2, 0.25) is 5.02 Å². The normalized spacial score (nSPS) is 14.0. The van der Waals surface area contributed by atoms with Crippen LogP contribution in [0.25, 0.3) is 0 Å². The quantitative estimate of drug-likeness (QED) is 0.433. The first-order chi connectivity index (χ1) is 13.5. The monoisotopic (exact) mass is 402 g/mol. The third-order valence-electron chi connectivity index (χ3n) is 4.79. The Balaban J connectivity index is 1.41. The first kappa shape index (κ1) is 19.9. The van der Waals surface area contributed by atoms with Gasteiger partial charge in [-0.25, -0.2) is 0 Å². The van der Waals surface area contributed by atoms with Gasteiger partial charge >= 0.3 is 0 Å². The van der Waals surface area contributed by atoms with E-state index in [1.165, 1.54) is 6.07 Å². The lowest BCUT2D eigenvalue weighted by atomic mass is 10.2. The van der Waals surface area contributed by atoms with Crippen molar-refractivity contribution in [3.8, 4) is 0 Å². The summed E-state index contributed by atoms with van der Waals surface area (Å²) in [7, 11) is 0. The molecule has 1 heterocycles. The lowest BCUT2D eigenvalue weighted by Crippen LogP contribution is -2.48. The molecule has 1 fully saturated rings. The average Bonchev–Trinajstić information content (AvgIpc) is 2.71. The Morgan fingerprint density at radius 3 is 2.57 bits per heavy atom. The smallest absolute Gasteiger partial charge is 0.292 e. The maximum Gasteiger partial charge on any atom is 0.292 e. The third-order valence-corrected chi connectivity index (χ3v) is 5.02. The molecule has 148 valence electrons. The Kier molecular flexibility index (Phi) is 6.71. The highest BCUT2D eigenvalue weighted by atomic mass is 35.5. The van der Waals surface area contributed by atoms with E-state index in [9.17, 15) is 14.9 Å². The fourth-order valence-corrected chi connectivity index (χ4v) is 3.47. The Morgan fingerprint density at radius 2 is 1.86 bits per heavy atom. The summed E-state index contributed by atoms with van der Waals surface area (Å²) in [5.74, 6) is 0.120. The van der Waals surface area contributed by atoms with Crippen LogP contribution < -0.4 is 10.2 Å². The van der Waals surface area contributed by atoms with E-state index in [2.05, 4.69) is 10.2 Å². The summed E-state index contributed by atoms with van der Waals surface area (Å²) in [6, 6.07) is 14.3. The number of nitro groups is 1. The number of hydrogen-bond acceptors (Lipinski definition) is 5. The SMILES string of the molecule is O=C(CCCNc1ccccc1[N+](=O)[O-])N1CCN(c2cccc(Cl)c2)CC1. The summed E-state index contributed by atoms with van der Waals surface area (Å²) in [4.78, 5) is 27.1. The van der Waals surface area contributed by atoms with Gasteiger partial charge in [0.15, 0.2) is 0 Å². The molecule has 1 aliphatic rings. The van der Waals surface area contributed by atoms with Gasteiger partial charge in [-0.05, 0) is 30.7 Å². The molecule has 1 aliphatic heterocycles. The second-order valence-electron chi connectivity index (χ2n) is 6.65. The number of nitro benzene ring substituents is 1. The number of halogens is 1. The van der Waals surface area contributed by atoms with E-state index in [0.717, 1.165) is 18.8 Å². The molecule has 7 nitrogen and oxygen atoms in total. The van der Waals surface area contributed by atoms with E-state index in [1.807, 2.05) is 29.2 Å². The molecule has 0 atom stereocenters. The van der Waals surface area contributed by atoms with Crippen LogP contribution in [-0.4, -0.2) is 48.5 Å². The molecule has 2 aromatic carbocycles. The third kappa shape index (κ3) is 5.13. The zero-order valence-electron chi connectivity index (χ0n) is 15.5. The Morgan fingerprint density at radius 1 is 1.11 bits per heavy atom. The first-order valence-electron chi connectivity index (χ1n) is 9.30. The molecule has 0 saturated carbocycles. The molecule has 1 amide bonds. The summed E-state index contributed by atoms with van der Waals surface area (Å²) in [5.41, 5.74) is 1.61. The number of carbonyl (C=O) groups is 1. The summed E-state index contributed by atoms with van der Waals surface area (Å²) in [6.45, 7) is 3.44. The zero-order valence-corrected chi connectivity index (χ0v) is 16.3. The molecule has 1 saturated heterocycles. The van der Waals surface area contributed by atoms with Crippen molar-refractivity contribution >= 4 is 34.6 Å². The highest BCUT2D eigenvalue weighted by Gasteiger charge is 2.21. The van der Waals surface area contributed by atoms with Gasteiger partial charge in [0.1, 0.15) is 5.69 Å². The van der Waals surface area contributed by atoms with E-state index in [-0.39, 0.29) is 11.6 Å². The van der Waals surface area contributed by atoms with Gasteiger partial charge in [-0.3, -0.25) is 14.9 Å². The Labute approximate surface area is 169 Å². The molecule has 3 rings (SSSR count). The van der Waals surface area contributed by atoms with Crippen molar-refractivity contribution in [3.05, 3.63) is 63.7 Å². The van der Waals surface area contributed by atoms with Gasteiger partial charge in [-0.15, -0.1) is 0 Å². The molecule has 8 heteroatoms. The van der Waals surface area contributed by atoms with Gasteiger partial charge in [0.25, 0.3) is 5.69 Å². The van der Waals surface area contributed by atoms with Crippen molar-refractivity contribution in [3.63, 3.8) is 0 Å². The van der Waals surface area contributed by atoms with E-state index in [0.29, 0.717) is 43.2 Å². The maximum absolute atomic E-state index is 12.4. The number of rotatable bonds is 7. The van der Waals surface area contributed by atoms with Crippen molar-refractivity contribution in [2.24, 2.45) is 0 Å². The highest BCUT2D eigenvalue weighted by molar-refractivity contribution is 6.30. The predicted octanol–water partition coefficient (Wildman–Crippen LogP) is 3.79. The van der Waals surface area contributed by atoms with Gasteiger partial charge in [-0.1, -0.05) is 29.8 Å². The van der Waals surface area contributed by atoms with Crippen LogP contribution in [0, 0.1) is 10.1 Å². The first-order valence-corrected chi connectivity index (χ1v) is 9.68. The molecular formula is C20H23ClN4O3. The topological polar surface area (TPSA) is 78.7 Å². The summed E-state index contributed by atoms with van der Waals surface area (Å²) in [5, 5.41) is 14.8. The number of amides is 1. The molecule has 2 aromatic rings. The van der Waals surface area contributed by atoms with Crippen molar-refractivity contribution in [1.29, 1.82) is 0 Å². The molecule has 0 bridgehead atoms. The number of hydrogen-bond donors (Lipinski definition) is 1. The minimum Gasteiger partial charge on any atom is -0.379 e. The molecule has 28 heavy (non-hydrogen) atoms. The van der Waals surface area contributed by atoms with Gasteiger partial charge < -0.3 is 15.1 Å². The van der Waals surface area contributed by atoms with E-state index >= 15 is 0 Å². The molecule has 0 aromatic heterocycles. The van der Waals surface area contributed by atoms with Crippen molar-refractivity contribution < 1.29 is 9.72 Å². The molecule has 0 aliphatic carbocycles. The van der Waals surface area contributed by atoms with Crippen LogP contribution in [0.5, 0.6) is 0 Å². The van der Waals surface area contributed by atoms with Crippen LogP contribution >= 0.6 is 11.6 Å². The Hall–Kier alpha value is -2.80. The lowest BCUT2D eigenvalue weighted by molar-refractivity contribution is -0.384. The van der Waals surface area contributed by atoms with Crippen molar-refractivity contribution in [2.75, 3.05) is 42.9 Å². The number of piperazine rings is 1. The number of nitrogens with one attached hydrogen (secondary N) is 1. The molecule has 0 spiro atoms. The largest absolute Gasteiger partial charge is 0.379 e. The van der Waals surface area contributed by atoms with Crippen LogP contribution in [-0.2, 0) is 4.79 Å². The zero-order chi connectivity index (χ0) is 19.9. The minimum atomic E-state index is -0.410. The summed E-state index contributed by atoms with van der Waals surface area (Å²) in [6.07, 6.45) is 1.05. The van der Waals surface area contributed by atoms with Crippen LogP contribution in [0.3, 0.4) is 0 Å². The molecule has 1 N–H and O–H groups in total. The van der Waals surface area contributed by atoms with E-state index in [4.69, 9.17) is 11.6 Å². The minimum absolute atomic E-state index is 0.0472. The number of nitrogens with zero attached hydrogens (tertiary/aromatic N) is 3. The molecule has 0 unspecified atom stereocenters. The fraction of sp³-hybridized carbons (Fsp3) is 0.350. The standard InChI is InChI=1S/C20H23ClN4O3/c21-16-5-3-6-17(15-16)23-11-13-24(14-12-23)20(26)9-4-10-22-18-7-1-2-8-19(18)25(27)28/h1-3,5-8,15,22H,4,9-14H2. The second-order valence-corrected chi connectivity index (χ2v) is 7.09. The summed E-state index contributed by atoms with van der Waals surface area (Å²) < 4.78 is 0. The fourth-order valence-electron chi connectivity index (χ4n) is 3.29. The van der Waals surface area contributed by atoms with Crippen molar-refractivity contribution in [1.82, 2.24) is 4.90 Å². The van der Waals surface area contributed by atoms with Gasteiger partial charge in [-0.2, -0.15) is 0 Å². The van der Waals surface area contributed by atoms with Crippen LogP contribution in [0.15, 0.2) is 48.5 Å². The van der Waals surface area contributed by atoms with E-state index in [1.54, 1.807) is 18.2 Å². The average molecular weight is 403 g/mol. The van der Waals surface area contributed by atoms with Gasteiger partial charge in [0.05, 0.1) is 4.92 Å². The molecular weight excluding hydrogens is 380 g/mol. The van der Waals surface area contributed by atoms with Crippen LogP contribution in [0.4, 0.5) is 17.1 Å². The van der Waals surface area contributed by atoms with Crippen LogP contribution in [0.1, 0.15) is 12.8 Å². The number of benzene rings is 2. The van der Waals surface area contributed by atoms with Crippen molar-refractivity contribution in [2.45, 2.75) is 12.8 Å². The number of carbonyl (C=O) groups excluding carboxylic acids is 1. The number of anilines is 2. The second kappa shape index (κ2) is 9.41. The number of para-hydroxylation sites is 2.